The van der Waals surface area contributed by atoms with Gasteiger partial charge >= 0.3 is 0 Å². The van der Waals surface area contributed by atoms with Gasteiger partial charge in [-0.05, 0) is 41.7 Å². The number of amides is 1. The molecule has 1 amide bonds. The molecule has 1 aliphatic carbocycles. The number of nitrogens with zero attached hydrogens (tertiary/aromatic N) is 1. The lowest BCUT2D eigenvalue weighted by molar-refractivity contribution is -0.114. The van der Waals surface area contributed by atoms with Crippen molar-refractivity contribution in [3.63, 3.8) is 0 Å². The van der Waals surface area contributed by atoms with E-state index in [1.54, 1.807) is 6.20 Å². The average Bonchev–Trinajstić information content (AvgIpc) is 3.11. The van der Waals surface area contributed by atoms with E-state index in [-0.39, 0.29) is 17.1 Å². The van der Waals surface area contributed by atoms with E-state index < -0.39 is 0 Å². The molecule has 1 unspecified atom stereocenters. The number of fused-ring (bicyclic) bond motifs is 1. The minimum Gasteiger partial charge on any atom is -0.358 e. The van der Waals surface area contributed by atoms with Gasteiger partial charge < -0.3 is 14.5 Å². The Morgan fingerprint density at radius 1 is 1.25 bits per heavy atom. The van der Waals surface area contributed by atoms with Crippen LogP contribution < -0.4 is 5.32 Å². The number of pyridine rings is 1. The number of aromatic amines is 1. The van der Waals surface area contributed by atoms with Crippen molar-refractivity contribution in [2.75, 3.05) is 18.2 Å². The van der Waals surface area contributed by atoms with Crippen molar-refractivity contribution in [1.29, 1.82) is 0 Å². The summed E-state index contributed by atoms with van der Waals surface area (Å²) in [6.45, 7) is 4.07. The van der Waals surface area contributed by atoms with E-state index in [9.17, 15) is 9.59 Å². The normalized spacial score (nSPS) is 17.8. The maximum atomic E-state index is 13.4. The number of hydrogen-bond donors (Lipinski definition) is 2. The van der Waals surface area contributed by atoms with E-state index in [4.69, 9.17) is 4.18 Å². The third-order valence-corrected chi connectivity index (χ3v) is 6.11. The van der Waals surface area contributed by atoms with Gasteiger partial charge in [-0.15, -0.1) is 0 Å². The fraction of sp³-hybridized carbons (Fsp3) is 0.320. The van der Waals surface area contributed by atoms with Crippen LogP contribution in [0.2, 0.25) is 0 Å². The molecule has 0 saturated heterocycles. The fourth-order valence-electron chi connectivity index (χ4n) is 4.39. The van der Waals surface area contributed by atoms with E-state index in [1.807, 2.05) is 36.6 Å². The zero-order chi connectivity index (χ0) is 22.7. The summed E-state index contributed by atoms with van der Waals surface area (Å²) in [6.07, 6.45) is 5.39. The molecule has 0 radical (unpaired) electrons. The first-order valence-electron chi connectivity index (χ1n) is 10.6. The third-order valence-electron chi connectivity index (χ3n) is 5.75. The van der Waals surface area contributed by atoms with Crippen molar-refractivity contribution in [3.05, 3.63) is 71.0 Å². The minimum atomic E-state index is -0.251. The summed E-state index contributed by atoms with van der Waals surface area (Å²) in [5, 5.41) is 2.74. The molecule has 2 heterocycles. The molecule has 0 saturated carbocycles. The van der Waals surface area contributed by atoms with Crippen molar-refractivity contribution in [1.82, 2.24) is 9.97 Å². The molecule has 3 aromatic rings. The second-order valence-corrected chi connectivity index (χ2v) is 9.19. The lowest BCUT2D eigenvalue weighted by Gasteiger charge is -2.32. The second kappa shape index (κ2) is 9.30. The molecule has 166 valence electrons. The van der Waals surface area contributed by atoms with Crippen LogP contribution in [0.1, 0.15) is 47.4 Å². The quantitative estimate of drug-likeness (QED) is 0.493. The average molecular weight is 450 g/mol. The molecule has 6 nitrogen and oxygen atoms in total. The number of H-pyrrole nitrogens is 1. The summed E-state index contributed by atoms with van der Waals surface area (Å²) in [5.41, 5.74) is 5.41. The predicted molar refractivity (Wildman–Crippen MR) is 128 cm³/mol. The minimum absolute atomic E-state index is 0.142. The van der Waals surface area contributed by atoms with Gasteiger partial charge in [-0.2, -0.15) is 0 Å². The van der Waals surface area contributed by atoms with Gasteiger partial charge in [-0.3, -0.25) is 9.59 Å². The molecule has 1 aliphatic rings. The topological polar surface area (TPSA) is 84.1 Å². The number of ketones is 1. The Hall–Kier alpha value is -2.90. The van der Waals surface area contributed by atoms with Crippen molar-refractivity contribution in [2.45, 2.75) is 33.1 Å². The molecule has 7 heteroatoms. The highest BCUT2D eigenvalue weighted by Gasteiger charge is 2.38. The van der Waals surface area contributed by atoms with Crippen molar-refractivity contribution >= 4 is 29.6 Å². The number of carbonyl (C=O) groups excluding carboxylic acids is 2. The van der Waals surface area contributed by atoms with Gasteiger partial charge in [0.1, 0.15) is 5.82 Å². The molecule has 0 aliphatic heterocycles. The highest BCUT2D eigenvalue weighted by Crippen LogP contribution is 2.41. The Morgan fingerprint density at radius 2 is 2.03 bits per heavy atom. The molecule has 2 N–H and O–H groups in total. The zero-order valence-electron chi connectivity index (χ0n) is 18.5. The van der Waals surface area contributed by atoms with Crippen LogP contribution >= 0.6 is 12.0 Å². The Labute approximate surface area is 192 Å². The molecule has 0 fully saturated rings. The molecule has 1 atom stereocenters. The van der Waals surface area contributed by atoms with Crippen molar-refractivity contribution < 1.29 is 13.8 Å². The first-order chi connectivity index (χ1) is 15.4. The highest BCUT2D eigenvalue weighted by atomic mass is 32.2. The summed E-state index contributed by atoms with van der Waals surface area (Å²) in [4.78, 5) is 32.7. The molecular formula is C25H27N3O3S. The third kappa shape index (κ3) is 4.79. The van der Waals surface area contributed by atoms with Gasteiger partial charge in [0.2, 0.25) is 5.91 Å². The SMILES string of the molecule is CSOCC1(C)CC(=O)c2c([nH]c(-c3ccnc(NC(C)=O)c3)c2Cc2ccccc2)C1. The Kier molecular flexibility index (Phi) is 6.48. The monoisotopic (exact) mass is 449 g/mol. The smallest absolute Gasteiger partial charge is 0.222 e. The van der Waals surface area contributed by atoms with Gasteiger partial charge in [-0.1, -0.05) is 37.3 Å². The number of Topliss-reactive ketones (excluding diaryl/α,β-unsaturated/α-hetero) is 1. The van der Waals surface area contributed by atoms with E-state index in [2.05, 4.69) is 34.3 Å². The van der Waals surface area contributed by atoms with Crippen LogP contribution in [0.5, 0.6) is 0 Å². The first kappa shape index (κ1) is 22.3. The van der Waals surface area contributed by atoms with Crippen LogP contribution in [0.3, 0.4) is 0 Å². The maximum absolute atomic E-state index is 13.4. The van der Waals surface area contributed by atoms with Gasteiger partial charge in [0.25, 0.3) is 0 Å². The molecule has 0 bridgehead atoms. The van der Waals surface area contributed by atoms with Gasteiger partial charge in [0, 0.05) is 54.5 Å². The van der Waals surface area contributed by atoms with E-state index >= 15 is 0 Å². The van der Waals surface area contributed by atoms with Gasteiger partial charge in [-0.25, -0.2) is 4.98 Å². The fourth-order valence-corrected chi connectivity index (χ4v) is 4.79. The lowest BCUT2D eigenvalue weighted by atomic mass is 9.74. The van der Waals surface area contributed by atoms with Crippen LogP contribution in [0.15, 0.2) is 48.7 Å². The number of benzene rings is 1. The Balaban J connectivity index is 1.81. The molecule has 32 heavy (non-hydrogen) atoms. The van der Waals surface area contributed by atoms with Crippen LogP contribution in [0, 0.1) is 5.41 Å². The first-order valence-corrected chi connectivity index (χ1v) is 11.7. The van der Waals surface area contributed by atoms with Gasteiger partial charge in [0.05, 0.1) is 12.3 Å². The molecular weight excluding hydrogens is 422 g/mol. The summed E-state index contributed by atoms with van der Waals surface area (Å²) in [6, 6.07) is 13.9. The predicted octanol–water partition coefficient (Wildman–Crippen LogP) is 5.06. The Bertz CT molecular complexity index is 1140. The van der Waals surface area contributed by atoms with Crippen LogP contribution in [0.4, 0.5) is 5.82 Å². The number of hydrogen-bond acceptors (Lipinski definition) is 5. The number of carbonyl (C=O) groups is 2. The molecule has 0 spiro atoms. The highest BCUT2D eigenvalue weighted by molar-refractivity contribution is 7.93. The number of anilines is 1. The van der Waals surface area contributed by atoms with E-state index in [1.165, 1.54) is 19.0 Å². The number of rotatable bonds is 7. The zero-order valence-corrected chi connectivity index (χ0v) is 19.3. The van der Waals surface area contributed by atoms with Gasteiger partial charge in [0.15, 0.2) is 5.78 Å². The summed E-state index contributed by atoms with van der Waals surface area (Å²) < 4.78 is 5.61. The summed E-state index contributed by atoms with van der Waals surface area (Å²) >= 11 is 1.33. The largest absolute Gasteiger partial charge is 0.358 e. The summed E-state index contributed by atoms with van der Waals surface area (Å²) in [7, 11) is 0. The van der Waals surface area contributed by atoms with E-state index in [0.29, 0.717) is 25.3 Å². The molecule has 1 aromatic carbocycles. The Morgan fingerprint density at radius 3 is 2.75 bits per heavy atom. The van der Waals surface area contributed by atoms with Crippen molar-refractivity contribution in [2.24, 2.45) is 5.41 Å². The van der Waals surface area contributed by atoms with Crippen LogP contribution in [-0.2, 0) is 21.8 Å². The number of nitrogens with one attached hydrogen (secondary N) is 2. The van der Waals surface area contributed by atoms with E-state index in [0.717, 1.165) is 40.1 Å². The number of aromatic nitrogens is 2. The lowest BCUT2D eigenvalue weighted by Crippen LogP contribution is -2.33. The maximum Gasteiger partial charge on any atom is 0.222 e. The van der Waals surface area contributed by atoms with Crippen molar-refractivity contribution in [3.8, 4) is 11.3 Å². The molecule has 2 aromatic heterocycles. The summed E-state index contributed by atoms with van der Waals surface area (Å²) in [5.74, 6) is 0.450. The second-order valence-electron chi connectivity index (χ2n) is 8.62. The van der Waals surface area contributed by atoms with Crippen LogP contribution in [0.25, 0.3) is 11.3 Å². The van der Waals surface area contributed by atoms with Crippen LogP contribution in [-0.4, -0.2) is 34.5 Å². The standard InChI is InChI=1S/C25H27N3O3S/c1-16(29)27-22-12-18(9-10-26-22)24-19(11-17-7-5-4-6-8-17)23-20(28-24)13-25(2,14-21(23)30)15-31-32-3/h4-10,12,28H,11,13-15H2,1-3H3,(H,26,27,29). The molecule has 4 rings (SSSR count).